The molecule has 0 fully saturated rings. The third-order valence-electron chi connectivity index (χ3n) is 13.1. The minimum atomic E-state index is -4.77. The Morgan fingerprint density at radius 3 is 1.01 bits per heavy atom. The van der Waals surface area contributed by atoms with Crippen LogP contribution in [0.2, 0.25) is 0 Å². The van der Waals surface area contributed by atoms with E-state index < -0.39 is 57.8 Å². The minimum Gasteiger partial charge on any atom is -0.462 e. The Hall–Kier alpha value is -3.86. The summed E-state index contributed by atoms with van der Waals surface area (Å²) in [7, 11) is -4.77. The number of rotatable bonds is 58. The van der Waals surface area contributed by atoms with Crippen molar-refractivity contribution in [1.82, 2.24) is 0 Å². The van der Waals surface area contributed by atoms with E-state index in [1.54, 1.807) is 0 Å². The van der Waals surface area contributed by atoms with Crippen LogP contribution in [0, 0.1) is 0 Å². The Kier molecular flexibility index (Phi) is 58.3. The number of phosphoric ester groups is 1. The average molecular weight is 1140 g/mol. The molecule has 0 aromatic carbocycles. The third-order valence-corrected chi connectivity index (χ3v) is 14.1. The lowest BCUT2D eigenvalue weighted by Gasteiger charge is -2.21. The van der Waals surface area contributed by atoms with Crippen molar-refractivity contribution in [3.63, 3.8) is 0 Å². The van der Waals surface area contributed by atoms with Gasteiger partial charge in [-0.1, -0.05) is 226 Å². The molecule has 3 unspecified atom stereocenters. The molecule has 11 nitrogen and oxygen atoms in total. The first kappa shape index (κ1) is 76.1. The molecule has 0 rings (SSSR count). The van der Waals surface area contributed by atoms with Crippen LogP contribution < -0.4 is 0 Å². The molecule has 458 valence electrons. The summed E-state index contributed by atoms with van der Waals surface area (Å²) in [6, 6.07) is 0. The molecule has 12 heteroatoms. The highest BCUT2D eigenvalue weighted by atomic mass is 31.2. The van der Waals surface area contributed by atoms with Gasteiger partial charge in [0.25, 0.3) is 0 Å². The number of carbonyl (C=O) groups excluding carboxylic acids is 3. The average Bonchev–Trinajstić information content (AvgIpc) is 3.45. The molecule has 0 aliphatic heterocycles. The van der Waals surface area contributed by atoms with Crippen molar-refractivity contribution in [3.05, 3.63) is 109 Å². The summed E-state index contributed by atoms with van der Waals surface area (Å²) in [5, 5.41) is 9.84. The number of aliphatic hydroxyl groups is 1. The lowest BCUT2D eigenvalue weighted by atomic mass is 10.1. The van der Waals surface area contributed by atoms with Gasteiger partial charge in [-0.2, -0.15) is 0 Å². The molecule has 0 amide bonds. The van der Waals surface area contributed by atoms with Crippen LogP contribution in [-0.4, -0.2) is 66.5 Å². The molecule has 0 heterocycles. The molecule has 0 spiro atoms. The van der Waals surface area contributed by atoms with Gasteiger partial charge in [-0.15, -0.1) is 0 Å². The van der Waals surface area contributed by atoms with Crippen molar-refractivity contribution in [3.8, 4) is 0 Å². The number of carbonyl (C=O) groups is 3. The van der Waals surface area contributed by atoms with Crippen LogP contribution in [0.15, 0.2) is 109 Å². The standard InChI is InChI=1S/C68H115O11P/c1-4-7-10-13-16-19-22-25-28-30-32-34-37-39-42-45-48-51-54-57-66(70)75-61-65(79-68(72)59-56-53-50-47-44-41-38-35-33-31-29-26-23-20-17-14-11-8-5-2)63-77-80(73,74)76-62-64(60-69)78-67(71)58-55-52-49-46-43-40-36-27-24-21-18-15-12-9-6-3/h7,10,16-21,25-29,32,34,36,39,42,64-65,69H,4-6,8-9,11-15,22-24,30-31,33,35,37-38,40-41,43-63H2,1-3H3,(H,73,74)/b10-7-,19-16-,20-17-,21-18-,28-25-,29-26-,34-32-,36-27-,42-39-. The number of aliphatic hydroxyl groups excluding tert-OH is 1. The summed E-state index contributed by atoms with van der Waals surface area (Å²) < 4.78 is 39.6. The lowest BCUT2D eigenvalue weighted by molar-refractivity contribution is -0.161. The summed E-state index contributed by atoms with van der Waals surface area (Å²) in [4.78, 5) is 48.7. The molecule has 0 aliphatic carbocycles. The number of phosphoric acid groups is 1. The van der Waals surface area contributed by atoms with Gasteiger partial charge in [-0.05, 0) is 128 Å². The molecule has 80 heavy (non-hydrogen) atoms. The zero-order valence-electron chi connectivity index (χ0n) is 50.8. The first-order valence-corrected chi connectivity index (χ1v) is 33.3. The van der Waals surface area contributed by atoms with Crippen molar-refractivity contribution in [1.29, 1.82) is 0 Å². The Morgan fingerprint density at radius 1 is 0.362 bits per heavy atom. The second-order valence-electron chi connectivity index (χ2n) is 20.8. The molecule has 0 saturated carbocycles. The molecular formula is C68H115O11P. The van der Waals surface area contributed by atoms with E-state index in [1.807, 2.05) is 0 Å². The van der Waals surface area contributed by atoms with Crippen LogP contribution in [0.4, 0.5) is 0 Å². The van der Waals surface area contributed by atoms with E-state index in [4.69, 9.17) is 23.3 Å². The molecule has 0 aromatic heterocycles. The van der Waals surface area contributed by atoms with Crippen molar-refractivity contribution >= 4 is 25.7 Å². The zero-order chi connectivity index (χ0) is 58.3. The maximum absolute atomic E-state index is 13.0. The van der Waals surface area contributed by atoms with E-state index >= 15 is 0 Å². The smallest absolute Gasteiger partial charge is 0.462 e. The second-order valence-corrected chi connectivity index (χ2v) is 22.3. The lowest BCUT2D eigenvalue weighted by Crippen LogP contribution is -2.30. The highest BCUT2D eigenvalue weighted by molar-refractivity contribution is 7.47. The summed E-state index contributed by atoms with van der Waals surface area (Å²) >= 11 is 0. The number of unbranched alkanes of at least 4 members (excludes halogenated alkanes) is 23. The van der Waals surface area contributed by atoms with E-state index in [1.165, 1.54) is 77.0 Å². The largest absolute Gasteiger partial charge is 0.472 e. The minimum absolute atomic E-state index is 0.149. The molecule has 3 atom stereocenters. The van der Waals surface area contributed by atoms with E-state index in [2.05, 4.69) is 130 Å². The van der Waals surface area contributed by atoms with Gasteiger partial charge in [0.2, 0.25) is 0 Å². The van der Waals surface area contributed by atoms with Gasteiger partial charge >= 0.3 is 25.7 Å². The predicted molar refractivity (Wildman–Crippen MR) is 334 cm³/mol. The molecular weight excluding hydrogens is 1020 g/mol. The first-order chi connectivity index (χ1) is 39.2. The van der Waals surface area contributed by atoms with Crippen molar-refractivity contribution in [2.75, 3.05) is 26.4 Å². The number of esters is 3. The number of hydrogen-bond donors (Lipinski definition) is 2. The maximum Gasteiger partial charge on any atom is 0.472 e. The van der Waals surface area contributed by atoms with Crippen molar-refractivity contribution < 1.29 is 52.2 Å². The van der Waals surface area contributed by atoms with Gasteiger partial charge in [0.1, 0.15) is 12.7 Å². The molecule has 0 radical (unpaired) electrons. The molecule has 0 aromatic rings. The van der Waals surface area contributed by atoms with E-state index in [0.717, 1.165) is 128 Å². The summed E-state index contributed by atoms with van der Waals surface area (Å²) in [5.41, 5.74) is 0. The fourth-order valence-electron chi connectivity index (χ4n) is 8.33. The Bertz CT molecular complexity index is 1760. The molecule has 2 N–H and O–H groups in total. The number of ether oxygens (including phenoxy) is 3. The topological polar surface area (TPSA) is 155 Å². The summed E-state index contributed by atoms with van der Waals surface area (Å²) in [6.45, 7) is 4.44. The summed E-state index contributed by atoms with van der Waals surface area (Å²) in [6.07, 6.45) is 74.6. The summed E-state index contributed by atoms with van der Waals surface area (Å²) in [5.74, 6) is -1.52. The van der Waals surface area contributed by atoms with Gasteiger partial charge in [-0.3, -0.25) is 23.4 Å². The SMILES string of the molecule is CC/C=C\C/C=C\C/C=C\C/C=C\C/C=C\CCCCCC(=O)OCC(COP(=O)(O)OCC(CO)OC(=O)CCCCCCC/C=C\C/C=C\CCCCC)OC(=O)CCCCCCCCCCC/C=C\C/C=C\CCCCC. The van der Waals surface area contributed by atoms with Crippen LogP contribution in [0.1, 0.15) is 265 Å². The fourth-order valence-corrected chi connectivity index (χ4v) is 9.11. The first-order valence-electron chi connectivity index (χ1n) is 31.8. The van der Waals surface area contributed by atoms with Gasteiger partial charge in [0, 0.05) is 19.3 Å². The molecule has 0 saturated heterocycles. The van der Waals surface area contributed by atoms with Crippen LogP contribution in [0.3, 0.4) is 0 Å². The van der Waals surface area contributed by atoms with Crippen LogP contribution in [-0.2, 0) is 42.2 Å². The fraction of sp³-hybridized carbons (Fsp3) is 0.691. The number of hydrogen-bond acceptors (Lipinski definition) is 10. The van der Waals surface area contributed by atoms with Crippen LogP contribution in [0.25, 0.3) is 0 Å². The Balaban J connectivity index is 4.79. The van der Waals surface area contributed by atoms with E-state index in [9.17, 15) is 28.9 Å². The second kappa shape index (κ2) is 61.2. The number of allylic oxidation sites excluding steroid dienone is 18. The predicted octanol–water partition coefficient (Wildman–Crippen LogP) is 19.4. The van der Waals surface area contributed by atoms with Gasteiger partial charge in [-0.25, -0.2) is 4.57 Å². The Morgan fingerprint density at radius 2 is 0.650 bits per heavy atom. The quantitative estimate of drug-likeness (QED) is 0.0197. The zero-order valence-corrected chi connectivity index (χ0v) is 51.7. The third kappa shape index (κ3) is 58.8. The highest BCUT2D eigenvalue weighted by Gasteiger charge is 2.28. The monoisotopic (exact) mass is 1140 g/mol. The molecule has 0 bridgehead atoms. The van der Waals surface area contributed by atoms with E-state index in [-0.39, 0.29) is 25.9 Å². The van der Waals surface area contributed by atoms with Crippen LogP contribution >= 0.6 is 7.82 Å². The van der Waals surface area contributed by atoms with Gasteiger partial charge in [0.05, 0.1) is 19.8 Å². The van der Waals surface area contributed by atoms with Gasteiger partial charge in [0.15, 0.2) is 6.10 Å². The van der Waals surface area contributed by atoms with E-state index in [0.29, 0.717) is 19.3 Å². The Labute approximate surface area is 488 Å². The van der Waals surface area contributed by atoms with Gasteiger partial charge < -0.3 is 24.2 Å². The van der Waals surface area contributed by atoms with Crippen molar-refractivity contribution in [2.45, 2.75) is 277 Å². The molecule has 0 aliphatic rings. The van der Waals surface area contributed by atoms with Crippen LogP contribution in [0.5, 0.6) is 0 Å². The highest BCUT2D eigenvalue weighted by Crippen LogP contribution is 2.43. The maximum atomic E-state index is 13.0. The normalized spacial score (nSPS) is 14.0. The van der Waals surface area contributed by atoms with Crippen molar-refractivity contribution in [2.24, 2.45) is 0 Å².